The largest absolute Gasteiger partial charge is 0.322 e. The van der Waals surface area contributed by atoms with Crippen LogP contribution in [-0.2, 0) is 14.8 Å². The maximum atomic E-state index is 12.7. The molecule has 0 unspecified atom stereocenters. The van der Waals surface area contributed by atoms with Gasteiger partial charge in [0.05, 0.1) is 4.90 Å². The van der Waals surface area contributed by atoms with Gasteiger partial charge >= 0.3 is 0 Å². The average molecular weight is 432 g/mol. The summed E-state index contributed by atoms with van der Waals surface area (Å²) in [5.41, 5.74) is 1.17. The van der Waals surface area contributed by atoms with Crippen LogP contribution in [0.1, 0.15) is 31.2 Å². The number of hydrogen-bond donors (Lipinski definition) is 2. The molecule has 0 fully saturated rings. The Balaban J connectivity index is 1.68. The summed E-state index contributed by atoms with van der Waals surface area (Å²) in [6.45, 7) is 0.632. The monoisotopic (exact) mass is 431 g/mol. The lowest BCUT2D eigenvalue weighted by Gasteiger charge is -2.11. The zero-order valence-corrected chi connectivity index (χ0v) is 17.3. The van der Waals surface area contributed by atoms with E-state index in [9.17, 15) is 13.2 Å². The molecule has 3 rings (SSSR count). The first-order valence-corrected chi connectivity index (χ1v) is 11.2. The summed E-state index contributed by atoms with van der Waals surface area (Å²) >= 11 is 5.92. The van der Waals surface area contributed by atoms with Crippen molar-refractivity contribution >= 4 is 45.1 Å². The lowest BCUT2D eigenvalue weighted by atomic mass is 10.2. The predicted octanol–water partition coefficient (Wildman–Crippen LogP) is 4.24. The van der Waals surface area contributed by atoms with Crippen molar-refractivity contribution in [1.29, 1.82) is 0 Å². The first-order valence-electron chi connectivity index (χ1n) is 9.33. The molecule has 2 aromatic carbocycles. The third-order valence-corrected chi connectivity index (χ3v) is 5.93. The van der Waals surface area contributed by atoms with Crippen LogP contribution >= 0.6 is 11.6 Å². The highest BCUT2D eigenvalue weighted by Gasteiger charge is 2.17. The molecule has 0 saturated heterocycles. The van der Waals surface area contributed by atoms with Gasteiger partial charge in [0.25, 0.3) is 10.0 Å². The van der Waals surface area contributed by atoms with Crippen molar-refractivity contribution in [2.75, 3.05) is 11.9 Å². The summed E-state index contributed by atoms with van der Waals surface area (Å²) in [4.78, 5) is 16.5. The number of rotatable bonds is 5. The Labute approximate surface area is 175 Å². The molecular weight excluding hydrogens is 410 g/mol. The molecule has 1 amide bonds. The van der Waals surface area contributed by atoms with Crippen molar-refractivity contribution in [3.8, 4) is 0 Å². The zero-order chi connectivity index (χ0) is 20.7. The second-order valence-corrected chi connectivity index (χ2v) is 8.77. The number of hydrogen-bond acceptors (Lipinski definition) is 4. The van der Waals surface area contributed by atoms with Gasteiger partial charge in [0.2, 0.25) is 5.91 Å². The molecule has 0 spiro atoms. The maximum Gasteiger partial charge on any atom is 0.262 e. The zero-order valence-electron chi connectivity index (χ0n) is 15.8. The van der Waals surface area contributed by atoms with Crippen molar-refractivity contribution in [3.05, 3.63) is 65.2 Å². The Hall–Kier alpha value is -2.64. The highest BCUT2D eigenvalue weighted by Crippen LogP contribution is 2.17. The lowest BCUT2D eigenvalue weighted by molar-refractivity contribution is -0.111. The SMILES string of the molecule is O=C(/C=C/c1cccc(Cl)c1)Nc1cccc(S(=O)(=O)NC2=NCCCCC2)c1. The first kappa shape index (κ1) is 21.1. The number of aliphatic imine (C=N–C) groups is 1. The molecule has 29 heavy (non-hydrogen) atoms. The number of carbonyl (C=O) groups is 1. The van der Waals surface area contributed by atoms with Crippen LogP contribution in [0.15, 0.2) is 64.5 Å². The third-order valence-electron chi connectivity index (χ3n) is 4.31. The summed E-state index contributed by atoms with van der Waals surface area (Å²) < 4.78 is 27.9. The van der Waals surface area contributed by atoms with E-state index in [-0.39, 0.29) is 10.8 Å². The van der Waals surface area contributed by atoms with E-state index in [2.05, 4.69) is 15.0 Å². The molecule has 1 aliphatic rings. The van der Waals surface area contributed by atoms with Gasteiger partial charge in [-0.2, -0.15) is 0 Å². The van der Waals surface area contributed by atoms with E-state index in [0.29, 0.717) is 29.5 Å². The van der Waals surface area contributed by atoms with Crippen molar-refractivity contribution in [2.24, 2.45) is 4.99 Å². The highest BCUT2D eigenvalue weighted by atomic mass is 35.5. The average Bonchev–Trinajstić information content (AvgIpc) is 2.95. The topological polar surface area (TPSA) is 87.6 Å². The molecule has 6 nitrogen and oxygen atoms in total. The molecule has 1 aliphatic heterocycles. The van der Waals surface area contributed by atoms with Gasteiger partial charge in [-0.25, -0.2) is 8.42 Å². The van der Waals surface area contributed by atoms with E-state index in [4.69, 9.17) is 11.6 Å². The number of carbonyl (C=O) groups excluding carboxylic acids is 1. The molecule has 8 heteroatoms. The summed E-state index contributed by atoms with van der Waals surface area (Å²) in [5.74, 6) is 0.113. The highest BCUT2D eigenvalue weighted by molar-refractivity contribution is 7.90. The Morgan fingerprint density at radius 2 is 1.90 bits per heavy atom. The van der Waals surface area contributed by atoms with Crippen molar-refractivity contribution < 1.29 is 13.2 Å². The summed E-state index contributed by atoms with van der Waals surface area (Å²) in [5, 5.41) is 3.25. The Bertz CT molecular complexity index is 1050. The molecule has 0 saturated carbocycles. The van der Waals surface area contributed by atoms with Crippen molar-refractivity contribution in [2.45, 2.75) is 30.6 Å². The molecular formula is C21H22ClN3O3S. The van der Waals surface area contributed by atoms with Crippen LogP contribution in [0.25, 0.3) is 6.08 Å². The fourth-order valence-electron chi connectivity index (χ4n) is 2.88. The van der Waals surface area contributed by atoms with Gasteiger partial charge in [-0.1, -0.05) is 36.2 Å². The summed E-state index contributed by atoms with van der Waals surface area (Å²) in [7, 11) is -3.76. The number of halogens is 1. The van der Waals surface area contributed by atoms with Gasteiger partial charge in [0.15, 0.2) is 0 Å². The van der Waals surface area contributed by atoms with E-state index in [0.717, 1.165) is 24.8 Å². The maximum absolute atomic E-state index is 12.7. The Morgan fingerprint density at radius 3 is 2.72 bits per heavy atom. The van der Waals surface area contributed by atoms with E-state index in [1.807, 2.05) is 6.07 Å². The second-order valence-electron chi connectivity index (χ2n) is 6.65. The fourth-order valence-corrected chi connectivity index (χ4v) is 4.21. The fraction of sp³-hybridized carbons (Fsp3) is 0.238. The summed E-state index contributed by atoms with van der Waals surface area (Å²) in [6, 6.07) is 13.2. The van der Waals surface area contributed by atoms with Gasteiger partial charge < -0.3 is 5.32 Å². The third kappa shape index (κ3) is 6.44. The van der Waals surface area contributed by atoms with E-state index < -0.39 is 10.0 Å². The van der Waals surface area contributed by atoms with Crippen LogP contribution in [0, 0.1) is 0 Å². The molecule has 2 N–H and O–H groups in total. The number of amides is 1. The summed E-state index contributed by atoms with van der Waals surface area (Å²) in [6.07, 6.45) is 6.54. The number of nitrogens with zero attached hydrogens (tertiary/aromatic N) is 1. The molecule has 1 heterocycles. The molecule has 0 aliphatic carbocycles. The number of sulfonamides is 1. The van der Waals surface area contributed by atoms with Crippen LogP contribution in [0.4, 0.5) is 5.69 Å². The smallest absolute Gasteiger partial charge is 0.262 e. The van der Waals surface area contributed by atoms with Crippen molar-refractivity contribution in [1.82, 2.24) is 4.72 Å². The van der Waals surface area contributed by atoms with Gasteiger partial charge in [-0.3, -0.25) is 14.5 Å². The van der Waals surface area contributed by atoms with Crippen LogP contribution < -0.4 is 10.0 Å². The van der Waals surface area contributed by atoms with E-state index in [1.54, 1.807) is 36.4 Å². The van der Waals surface area contributed by atoms with E-state index in [1.165, 1.54) is 18.2 Å². The molecule has 0 bridgehead atoms. The molecule has 0 atom stereocenters. The normalized spacial score (nSPS) is 14.9. The Morgan fingerprint density at radius 1 is 1.07 bits per heavy atom. The predicted molar refractivity (Wildman–Crippen MR) is 117 cm³/mol. The quantitative estimate of drug-likeness (QED) is 0.694. The van der Waals surface area contributed by atoms with Crippen LogP contribution in [0.5, 0.6) is 0 Å². The minimum Gasteiger partial charge on any atom is -0.322 e. The standard InChI is InChI=1S/C21H22ClN3O3S/c22-17-7-4-6-16(14-17)11-12-21(26)24-18-8-5-9-19(15-18)29(27,28)25-20-10-2-1-3-13-23-20/h4-9,11-12,14-15H,1-3,10,13H2,(H,23,25)(H,24,26)/b12-11+. The lowest BCUT2D eigenvalue weighted by Crippen LogP contribution is -2.30. The van der Waals surface area contributed by atoms with Gasteiger partial charge in [-0.15, -0.1) is 0 Å². The minimum atomic E-state index is -3.76. The first-order chi connectivity index (χ1) is 13.9. The molecule has 0 aromatic heterocycles. The number of amidine groups is 1. The van der Waals surface area contributed by atoms with Gasteiger partial charge in [0.1, 0.15) is 5.84 Å². The van der Waals surface area contributed by atoms with Gasteiger partial charge in [-0.05, 0) is 54.8 Å². The molecule has 2 aromatic rings. The van der Waals surface area contributed by atoms with E-state index >= 15 is 0 Å². The number of anilines is 1. The number of nitrogens with one attached hydrogen (secondary N) is 2. The molecule has 152 valence electrons. The molecule has 0 radical (unpaired) electrons. The van der Waals surface area contributed by atoms with Crippen LogP contribution in [0.2, 0.25) is 5.02 Å². The van der Waals surface area contributed by atoms with Crippen LogP contribution in [0.3, 0.4) is 0 Å². The van der Waals surface area contributed by atoms with Crippen LogP contribution in [-0.4, -0.2) is 26.7 Å². The Kier molecular flexibility index (Phi) is 7.06. The minimum absolute atomic E-state index is 0.0704. The van der Waals surface area contributed by atoms with Gasteiger partial charge in [0, 0.05) is 29.8 Å². The van der Waals surface area contributed by atoms with Crippen molar-refractivity contribution in [3.63, 3.8) is 0 Å². The number of benzene rings is 2. The second kappa shape index (κ2) is 9.71.